The Morgan fingerprint density at radius 1 is 0.759 bits per heavy atom. The van der Waals surface area contributed by atoms with E-state index in [1.165, 1.54) is 5.69 Å². The highest BCUT2D eigenvalue weighted by Gasteiger charge is 2.19. The summed E-state index contributed by atoms with van der Waals surface area (Å²) in [6, 6.07) is 18.0. The standard InChI is InChI=1S/C22H25N5O2/c1-28-19-7-3-17(4-8-19)25-21-15-22(24-16-23-21)27-13-11-26(12-14-27)18-5-9-20(29-2)10-6-18/h3-10,15-16H,11-14H2,1-2H3,(H,23,24,25). The Kier molecular flexibility index (Phi) is 5.65. The van der Waals surface area contributed by atoms with Gasteiger partial charge < -0.3 is 24.6 Å². The molecule has 4 rings (SSSR count). The smallest absolute Gasteiger partial charge is 0.135 e. The number of hydrogen-bond donors (Lipinski definition) is 1. The molecule has 1 fully saturated rings. The van der Waals surface area contributed by atoms with Crippen molar-refractivity contribution in [3.05, 3.63) is 60.9 Å². The molecule has 7 heteroatoms. The molecule has 0 radical (unpaired) electrons. The molecule has 2 heterocycles. The monoisotopic (exact) mass is 391 g/mol. The maximum atomic E-state index is 5.24. The van der Waals surface area contributed by atoms with Crippen molar-refractivity contribution in [3.8, 4) is 11.5 Å². The van der Waals surface area contributed by atoms with Crippen molar-refractivity contribution in [2.75, 3.05) is 55.5 Å². The fourth-order valence-corrected chi connectivity index (χ4v) is 3.40. The number of ether oxygens (including phenoxy) is 2. The summed E-state index contributed by atoms with van der Waals surface area (Å²) >= 11 is 0. The summed E-state index contributed by atoms with van der Waals surface area (Å²) in [6.07, 6.45) is 1.61. The first-order valence-corrected chi connectivity index (χ1v) is 9.62. The van der Waals surface area contributed by atoms with E-state index in [4.69, 9.17) is 9.47 Å². The third-order valence-electron chi connectivity index (χ3n) is 5.06. The molecule has 7 nitrogen and oxygen atoms in total. The van der Waals surface area contributed by atoms with E-state index in [1.54, 1.807) is 20.5 Å². The second-order valence-corrected chi connectivity index (χ2v) is 6.79. The van der Waals surface area contributed by atoms with Crippen LogP contribution in [0.5, 0.6) is 11.5 Å². The fraction of sp³-hybridized carbons (Fsp3) is 0.273. The van der Waals surface area contributed by atoms with Crippen LogP contribution in [0.25, 0.3) is 0 Å². The van der Waals surface area contributed by atoms with E-state index in [1.807, 2.05) is 42.5 Å². The summed E-state index contributed by atoms with van der Waals surface area (Å²) in [5, 5.41) is 3.32. The molecule has 0 unspecified atom stereocenters. The van der Waals surface area contributed by atoms with Crippen molar-refractivity contribution in [2.24, 2.45) is 0 Å². The zero-order valence-corrected chi connectivity index (χ0v) is 16.7. The molecule has 0 saturated carbocycles. The van der Waals surface area contributed by atoms with Gasteiger partial charge >= 0.3 is 0 Å². The zero-order chi connectivity index (χ0) is 20.1. The van der Waals surface area contributed by atoms with Gasteiger partial charge in [-0.1, -0.05) is 0 Å². The number of aromatic nitrogens is 2. The van der Waals surface area contributed by atoms with Crippen LogP contribution in [0.4, 0.5) is 23.0 Å². The zero-order valence-electron chi connectivity index (χ0n) is 16.7. The van der Waals surface area contributed by atoms with Crippen molar-refractivity contribution in [1.82, 2.24) is 9.97 Å². The van der Waals surface area contributed by atoms with Gasteiger partial charge in [0.15, 0.2) is 0 Å². The van der Waals surface area contributed by atoms with Gasteiger partial charge in [0.1, 0.15) is 29.5 Å². The summed E-state index contributed by atoms with van der Waals surface area (Å²) in [4.78, 5) is 13.5. The quantitative estimate of drug-likeness (QED) is 0.689. The molecule has 0 spiro atoms. The summed E-state index contributed by atoms with van der Waals surface area (Å²) in [5.41, 5.74) is 2.18. The summed E-state index contributed by atoms with van der Waals surface area (Å²) in [5.74, 6) is 3.42. The maximum absolute atomic E-state index is 5.24. The van der Waals surface area contributed by atoms with Gasteiger partial charge in [0.2, 0.25) is 0 Å². The first-order valence-electron chi connectivity index (χ1n) is 9.62. The van der Waals surface area contributed by atoms with Gasteiger partial charge in [0, 0.05) is 43.6 Å². The van der Waals surface area contributed by atoms with Crippen LogP contribution < -0.4 is 24.6 Å². The summed E-state index contributed by atoms with van der Waals surface area (Å²) in [6.45, 7) is 3.70. The predicted octanol–water partition coefficient (Wildman–Crippen LogP) is 3.56. The Balaban J connectivity index is 1.38. The van der Waals surface area contributed by atoms with Crippen LogP contribution >= 0.6 is 0 Å². The maximum Gasteiger partial charge on any atom is 0.135 e. The molecule has 1 saturated heterocycles. The molecule has 1 aliphatic rings. The number of rotatable bonds is 6. The SMILES string of the molecule is COc1ccc(Nc2cc(N3CCN(c4ccc(OC)cc4)CC3)ncn2)cc1. The lowest BCUT2D eigenvalue weighted by molar-refractivity contribution is 0.414. The number of methoxy groups -OCH3 is 2. The molecule has 0 bridgehead atoms. The summed E-state index contributed by atoms with van der Waals surface area (Å²) in [7, 11) is 3.35. The Hall–Kier alpha value is -3.48. The van der Waals surface area contributed by atoms with Crippen molar-refractivity contribution in [2.45, 2.75) is 0 Å². The van der Waals surface area contributed by atoms with Crippen molar-refractivity contribution < 1.29 is 9.47 Å². The van der Waals surface area contributed by atoms with Gasteiger partial charge in [0.25, 0.3) is 0 Å². The average molecular weight is 391 g/mol. The minimum Gasteiger partial charge on any atom is -0.497 e. The number of nitrogens with zero attached hydrogens (tertiary/aromatic N) is 4. The molecule has 0 amide bonds. The van der Waals surface area contributed by atoms with Crippen molar-refractivity contribution in [3.63, 3.8) is 0 Å². The van der Waals surface area contributed by atoms with Crippen LogP contribution in [0, 0.1) is 0 Å². The van der Waals surface area contributed by atoms with Crippen LogP contribution in [0.1, 0.15) is 0 Å². The van der Waals surface area contributed by atoms with Crippen LogP contribution in [-0.2, 0) is 0 Å². The van der Waals surface area contributed by atoms with E-state index in [0.717, 1.165) is 55.0 Å². The van der Waals surface area contributed by atoms with E-state index in [9.17, 15) is 0 Å². The highest BCUT2D eigenvalue weighted by atomic mass is 16.5. The van der Waals surface area contributed by atoms with E-state index in [0.29, 0.717) is 0 Å². The first kappa shape index (κ1) is 18.9. The molecule has 2 aromatic carbocycles. The predicted molar refractivity (Wildman–Crippen MR) is 116 cm³/mol. The van der Waals surface area contributed by atoms with Crippen LogP contribution in [0.15, 0.2) is 60.9 Å². The Morgan fingerprint density at radius 2 is 1.34 bits per heavy atom. The Morgan fingerprint density at radius 3 is 1.97 bits per heavy atom. The largest absolute Gasteiger partial charge is 0.497 e. The normalized spacial score (nSPS) is 13.9. The molecule has 0 atom stereocenters. The molecule has 1 aliphatic heterocycles. The Bertz CT molecular complexity index is 923. The topological polar surface area (TPSA) is 62.8 Å². The van der Waals surface area contributed by atoms with Gasteiger partial charge in [-0.3, -0.25) is 0 Å². The van der Waals surface area contributed by atoms with E-state index >= 15 is 0 Å². The van der Waals surface area contributed by atoms with Crippen molar-refractivity contribution in [1.29, 1.82) is 0 Å². The van der Waals surface area contributed by atoms with E-state index in [2.05, 4.69) is 37.2 Å². The van der Waals surface area contributed by atoms with Crippen LogP contribution in [0.2, 0.25) is 0 Å². The van der Waals surface area contributed by atoms with E-state index < -0.39 is 0 Å². The van der Waals surface area contributed by atoms with Gasteiger partial charge in [0.05, 0.1) is 14.2 Å². The lowest BCUT2D eigenvalue weighted by atomic mass is 10.2. The second-order valence-electron chi connectivity index (χ2n) is 6.79. The van der Waals surface area contributed by atoms with Gasteiger partial charge in [-0.15, -0.1) is 0 Å². The third kappa shape index (κ3) is 4.51. The average Bonchev–Trinajstić information content (AvgIpc) is 2.80. The molecule has 29 heavy (non-hydrogen) atoms. The highest BCUT2D eigenvalue weighted by Crippen LogP contribution is 2.24. The van der Waals surface area contributed by atoms with Gasteiger partial charge in [-0.05, 0) is 48.5 Å². The molecule has 1 N–H and O–H groups in total. The van der Waals surface area contributed by atoms with Crippen LogP contribution in [0.3, 0.4) is 0 Å². The highest BCUT2D eigenvalue weighted by molar-refractivity contribution is 5.60. The lowest BCUT2D eigenvalue weighted by Gasteiger charge is -2.36. The third-order valence-corrected chi connectivity index (χ3v) is 5.06. The number of piperazine rings is 1. The molecular weight excluding hydrogens is 366 g/mol. The van der Waals surface area contributed by atoms with E-state index in [-0.39, 0.29) is 0 Å². The number of anilines is 4. The minimum absolute atomic E-state index is 0.776. The molecular formula is C22H25N5O2. The second kappa shape index (κ2) is 8.68. The molecule has 3 aromatic rings. The first-order chi connectivity index (χ1) is 14.2. The Labute approximate surface area is 170 Å². The number of benzene rings is 2. The minimum atomic E-state index is 0.776. The van der Waals surface area contributed by atoms with Gasteiger partial charge in [-0.25, -0.2) is 9.97 Å². The van der Waals surface area contributed by atoms with Crippen LogP contribution in [-0.4, -0.2) is 50.4 Å². The molecule has 150 valence electrons. The lowest BCUT2D eigenvalue weighted by Crippen LogP contribution is -2.46. The number of hydrogen-bond acceptors (Lipinski definition) is 7. The van der Waals surface area contributed by atoms with Gasteiger partial charge in [-0.2, -0.15) is 0 Å². The summed E-state index contributed by atoms with van der Waals surface area (Å²) < 4.78 is 10.4. The molecule has 1 aromatic heterocycles. The molecule has 0 aliphatic carbocycles. The van der Waals surface area contributed by atoms with Crippen molar-refractivity contribution >= 4 is 23.0 Å². The fourth-order valence-electron chi connectivity index (χ4n) is 3.40. The number of nitrogens with one attached hydrogen (secondary N) is 1.